The zero-order valence-electron chi connectivity index (χ0n) is 16.2. The molecule has 0 bridgehead atoms. The van der Waals surface area contributed by atoms with Gasteiger partial charge in [0.05, 0.1) is 13.2 Å². The molecule has 28 heavy (non-hydrogen) atoms. The normalized spacial score (nSPS) is 18.4. The van der Waals surface area contributed by atoms with Crippen LogP contribution in [0.3, 0.4) is 0 Å². The Hall–Kier alpha value is -2.18. The Labute approximate surface area is 170 Å². The molecule has 2 fully saturated rings. The molecule has 5 nitrogen and oxygen atoms in total. The number of carbonyl (C=O) groups is 1. The third-order valence-corrected chi connectivity index (χ3v) is 6.34. The number of rotatable bonds is 5. The molecule has 0 radical (unpaired) electrons. The van der Waals surface area contributed by atoms with E-state index in [1.165, 1.54) is 31.4 Å². The van der Waals surface area contributed by atoms with Gasteiger partial charge in [0.25, 0.3) is 0 Å². The van der Waals surface area contributed by atoms with Crippen molar-refractivity contribution in [3.05, 3.63) is 47.0 Å². The summed E-state index contributed by atoms with van der Waals surface area (Å²) in [5.41, 5.74) is 1.95. The summed E-state index contributed by atoms with van der Waals surface area (Å²) in [6, 6.07) is 8.04. The van der Waals surface area contributed by atoms with Crippen LogP contribution in [-0.2, 0) is 4.74 Å². The van der Waals surface area contributed by atoms with Gasteiger partial charge in [0.15, 0.2) is 10.9 Å². The third-order valence-electron chi connectivity index (χ3n) is 5.31. The molecule has 0 spiro atoms. The first-order chi connectivity index (χ1) is 13.8. The summed E-state index contributed by atoms with van der Waals surface area (Å²) in [5.74, 6) is 0.0312. The number of nitrogens with zero attached hydrogens (tertiary/aromatic N) is 3. The number of hydrogen-bond donors (Lipinski definition) is 0. The number of aromatic nitrogens is 1. The highest BCUT2D eigenvalue weighted by Gasteiger charge is 2.14. The van der Waals surface area contributed by atoms with Crippen molar-refractivity contribution in [1.29, 1.82) is 0 Å². The fourth-order valence-corrected chi connectivity index (χ4v) is 4.54. The van der Waals surface area contributed by atoms with E-state index in [0.29, 0.717) is 0 Å². The molecular formula is C22H27N3O2S. The number of morpholine rings is 1. The van der Waals surface area contributed by atoms with Gasteiger partial charge in [-0.1, -0.05) is 24.2 Å². The monoisotopic (exact) mass is 397 g/mol. The fraction of sp³-hybridized carbons (Fsp3) is 0.455. The number of anilines is 2. The first kappa shape index (κ1) is 19.2. The molecule has 2 aliphatic heterocycles. The lowest BCUT2D eigenvalue weighted by Gasteiger charge is -2.25. The standard InChI is InChI=1S/C22H27N3O2S/c26-21(10-9-20-17-23-22(28-20)25-13-15-27-16-14-25)18-5-7-19(8-6-18)24-11-3-1-2-4-12-24/h5-10,17H,1-4,11-16H2. The van der Waals surface area contributed by atoms with Crippen molar-refractivity contribution in [3.63, 3.8) is 0 Å². The molecule has 2 saturated heterocycles. The molecule has 0 amide bonds. The largest absolute Gasteiger partial charge is 0.378 e. The van der Waals surface area contributed by atoms with Crippen LogP contribution in [0.1, 0.15) is 40.9 Å². The number of thiazole rings is 1. The number of ether oxygens (including phenoxy) is 1. The minimum Gasteiger partial charge on any atom is -0.378 e. The lowest BCUT2D eigenvalue weighted by Crippen LogP contribution is -2.36. The maximum Gasteiger partial charge on any atom is 0.185 e. The Morgan fingerprint density at radius 1 is 0.964 bits per heavy atom. The van der Waals surface area contributed by atoms with Crippen LogP contribution in [-0.4, -0.2) is 50.2 Å². The molecule has 0 atom stereocenters. The third kappa shape index (κ3) is 4.80. The minimum atomic E-state index is 0.0312. The van der Waals surface area contributed by atoms with E-state index in [0.717, 1.165) is 55.0 Å². The van der Waals surface area contributed by atoms with E-state index in [1.807, 2.05) is 24.4 Å². The van der Waals surface area contributed by atoms with Crippen molar-refractivity contribution < 1.29 is 9.53 Å². The van der Waals surface area contributed by atoms with Gasteiger partial charge in [0.1, 0.15) is 0 Å². The topological polar surface area (TPSA) is 45.7 Å². The fourth-order valence-electron chi connectivity index (χ4n) is 3.67. The van der Waals surface area contributed by atoms with Crippen LogP contribution in [0.15, 0.2) is 36.5 Å². The molecule has 0 aliphatic carbocycles. The average molecular weight is 398 g/mol. The van der Waals surface area contributed by atoms with Gasteiger partial charge in [-0.05, 0) is 49.3 Å². The maximum absolute atomic E-state index is 12.5. The molecule has 1 aromatic carbocycles. The molecule has 0 unspecified atom stereocenters. The zero-order valence-corrected chi connectivity index (χ0v) is 17.0. The van der Waals surface area contributed by atoms with Crippen LogP contribution in [0.25, 0.3) is 6.08 Å². The van der Waals surface area contributed by atoms with Gasteiger partial charge in [-0.15, -0.1) is 0 Å². The number of allylic oxidation sites excluding steroid dienone is 1. The van der Waals surface area contributed by atoms with Crippen LogP contribution in [0.4, 0.5) is 10.8 Å². The van der Waals surface area contributed by atoms with Crippen LogP contribution in [0.2, 0.25) is 0 Å². The van der Waals surface area contributed by atoms with Gasteiger partial charge in [0.2, 0.25) is 0 Å². The predicted octanol–water partition coefficient (Wildman–Crippen LogP) is 4.26. The Balaban J connectivity index is 1.37. The molecule has 0 saturated carbocycles. The smallest absolute Gasteiger partial charge is 0.185 e. The van der Waals surface area contributed by atoms with Crippen molar-refractivity contribution in [1.82, 2.24) is 4.98 Å². The minimum absolute atomic E-state index is 0.0312. The van der Waals surface area contributed by atoms with Gasteiger partial charge in [0, 0.05) is 48.5 Å². The summed E-state index contributed by atoms with van der Waals surface area (Å²) in [7, 11) is 0. The Morgan fingerprint density at radius 3 is 2.39 bits per heavy atom. The summed E-state index contributed by atoms with van der Waals surface area (Å²) in [5, 5.41) is 0.997. The SMILES string of the molecule is O=C(C=Cc1cnc(N2CCOCC2)s1)c1ccc(N2CCCCCC2)cc1. The quantitative estimate of drug-likeness (QED) is 0.557. The zero-order chi connectivity index (χ0) is 19.2. The highest BCUT2D eigenvalue weighted by atomic mass is 32.1. The lowest BCUT2D eigenvalue weighted by atomic mass is 10.1. The van der Waals surface area contributed by atoms with Crippen LogP contribution >= 0.6 is 11.3 Å². The first-order valence-corrected chi connectivity index (χ1v) is 11.0. The van der Waals surface area contributed by atoms with Crippen molar-refractivity contribution in [2.45, 2.75) is 25.7 Å². The van der Waals surface area contributed by atoms with Crippen LogP contribution < -0.4 is 9.80 Å². The molecule has 1 aromatic heterocycles. The second-order valence-electron chi connectivity index (χ2n) is 7.29. The summed E-state index contributed by atoms with van der Waals surface area (Å²) in [6.45, 7) is 5.47. The molecule has 4 rings (SSSR count). The molecule has 148 valence electrons. The molecule has 2 aliphatic rings. The highest BCUT2D eigenvalue weighted by molar-refractivity contribution is 7.16. The van der Waals surface area contributed by atoms with Gasteiger partial charge in [-0.2, -0.15) is 0 Å². The second-order valence-corrected chi connectivity index (χ2v) is 8.33. The van der Waals surface area contributed by atoms with E-state index in [1.54, 1.807) is 17.4 Å². The molecule has 3 heterocycles. The van der Waals surface area contributed by atoms with Crippen molar-refractivity contribution in [2.24, 2.45) is 0 Å². The lowest BCUT2D eigenvalue weighted by molar-refractivity contribution is 0.104. The van der Waals surface area contributed by atoms with E-state index in [4.69, 9.17) is 4.74 Å². The van der Waals surface area contributed by atoms with Gasteiger partial charge in [-0.3, -0.25) is 4.79 Å². The number of hydrogen-bond acceptors (Lipinski definition) is 6. The Bertz CT molecular complexity index is 801. The second kappa shape index (κ2) is 9.34. The maximum atomic E-state index is 12.5. The Morgan fingerprint density at radius 2 is 1.68 bits per heavy atom. The number of ketones is 1. The van der Waals surface area contributed by atoms with E-state index >= 15 is 0 Å². The van der Waals surface area contributed by atoms with Crippen molar-refractivity contribution in [3.8, 4) is 0 Å². The summed E-state index contributed by atoms with van der Waals surface area (Å²) in [4.78, 5) is 22.7. The van der Waals surface area contributed by atoms with Crippen molar-refractivity contribution >= 4 is 34.0 Å². The molecule has 6 heteroatoms. The van der Waals surface area contributed by atoms with E-state index in [-0.39, 0.29) is 5.78 Å². The Kier molecular flexibility index (Phi) is 6.39. The van der Waals surface area contributed by atoms with Gasteiger partial charge < -0.3 is 14.5 Å². The van der Waals surface area contributed by atoms with Gasteiger partial charge in [-0.25, -0.2) is 4.98 Å². The highest BCUT2D eigenvalue weighted by Crippen LogP contribution is 2.25. The summed E-state index contributed by atoms with van der Waals surface area (Å²) < 4.78 is 5.38. The first-order valence-electron chi connectivity index (χ1n) is 10.2. The van der Waals surface area contributed by atoms with Crippen LogP contribution in [0, 0.1) is 0 Å². The average Bonchev–Trinajstić information content (AvgIpc) is 3.06. The summed E-state index contributed by atoms with van der Waals surface area (Å²) in [6.07, 6.45) is 10.5. The van der Waals surface area contributed by atoms with E-state index in [9.17, 15) is 4.79 Å². The molecule has 2 aromatic rings. The van der Waals surface area contributed by atoms with E-state index in [2.05, 4.69) is 26.9 Å². The van der Waals surface area contributed by atoms with E-state index < -0.39 is 0 Å². The molecular weight excluding hydrogens is 370 g/mol. The van der Waals surface area contributed by atoms with Crippen LogP contribution in [0.5, 0.6) is 0 Å². The number of benzene rings is 1. The molecule has 0 N–H and O–H groups in total. The van der Waals surface area contributed by atoms with Crippen molar-refractivity contribution in [2.75, 3.05) is 49.2 Å². The van der Waals surface area contributed by atoms with Gasteiger partial charge >= 0.3 is 0 Å². The summed E-state index contributed by atoms with van der Waals surface area (Å²) >= 11 is 1.61. The number of carbonyl (C=O) groups excluding carboxylic acids is 1. The predicted molar refractivity (Wildman–Crippen MR) is 116 cm³/mol.